The molecule has 1 heterocycles. The number of hydrogen-bond donors (Lipinski definition) is 3. The van der Waals surface area contributed by atoms with E-state index in [1.807, 2.05) is 6.07 Å². The van der Waals surface area contributed by atoms with Crippen LogP contribution in [0.5, 0.6) is 0 Å². The Morgan fingerprint density at radius 1 is 1.29 bits per heavy atom. The van der Waals surface area contributed by atoms with Gasteiger partial charge in [0.25, 0.3) is 5.91 Å². The minimum Gasteiger partial charge on any atom is -0.353 e. The molecular formula is C16H20BrN5O2. The fourth-order valence-electron chi connectivity index (χ4n) is 2.23. The van der Waals surface area contributed by atoms with E-state index in [1.54, 1.807) is 49.4 Å². The third kappa shape index (κ3) is 4.90. The Morgan fingerprint density at radius 3 is 2.67 bits per heavy atom. The zero-order valence-corrected chi connectivity index (χ0v) is 15.1. The van der Waals surface area contributed by atoms with Gasteiger partial charge in [0.2, 0.25) is 5.91 Å². The monoisotopic (exact) mass is 393 g/mol. The molecule has 7 nitrogen and oxygen atoms in total. The minimum atomic E-state index is -0.473. The van der Waals surface area contributed by atoms with Gasteiger partial charge >= 0.3 is 0 Å². The van der Waals surface area contributed by atoms with Crippen LogP contribution in [0.25, 0.3) is 0 Å². The van der Waals surface area contributed by atoms with E-state index in [2.05, 4.69) is 37.0 Å². The zero-order chi connectivity index (χ0) is 17.5. The first kappa shape index (κ1) is 18.2. The average molecular weight is 394 g/mol. The van der Waals surface area contributed by atoms with Crippen molar-refractivity contribution in [2.45, 2.75) is 6.04 Å². The van der Waals surface area contributed by atoms with Gasteiger partial charge in [0, 0.05) is 41.9 Å². The van der Waals surface area contributed by atoms with E-state index in [9.17, 15) is 9.59 Å². The summed E-state index contributed by atoms with van der Waals surface area (Å²) in [5.74, 6) is -0.342. The number of amides is 2. The number of halogens is 1. The molecule has 8 heteroatoms. The summed E-state index contributed by atoms with van der Waals surface area (Å²) >= 11 is 3.33. The summed E-state index contributed by atoms with van der Waals surface area (Å²) in [6, 6.07) is 6.66. The van der Waals surface area contributed by atoms with Crippen LogP contribution in [0.2, 0.25) is 0 Å². The van der Waals surface area contributed by atoms with Crippen LogP contribution < -0.4 is 16.0 Å². The van der Waals surface area contributed by atoms with Crippen molar-refractivity contribution in [3.63, 3.8) is 0 Å². The Balaban J connectivity index is 1.79. The van der Waals surface area contributed by atoms with Crippen molar-refractivity contribution in [1.29, 1.82) is 0 Å². The Bertz CT molecular complexity index is 716. The maximum atomic E-state index is 12.2. The number of benzene rings is 1. The van der Waals surface area contributed by atoms with Gasteiger partial charge in [-0.3, -0.25) is 14.3 Å². The molecule has 1 atom stereocenters. The number of nitrogens with zero attached hydrogens (tertiary/aromatic N) is 2. The standard InChI is InChI=1S/C16H20BrN5O2/c1-18-14(12-9-21-22(2)10-12)16(24)20-7-6-19-15(23)11-4-3-5-13(17)8-11/h3-5,8-10,14,18H,6-7H2,1-2H3,(H,19,23)(H,20,24). The molecule has 0 spiro atoms. The highest BCUT2D eigenvalue weighted by Crippen LogP contribution is 2.12. The smallest absolute Gasteiger partial charge is 0.251 e. The molecule has 0 aliphatic carbocycles. The van der Waals surface area contributed by atoms with E-state index in [-0.39, 0.29) is 11.8 Å². The maximum Gasteiger partial charge on any atom is 0.251 e. The van der Waals surface area contributed by atoms with E-state index in [0.717, 1.165) is 10.0 Å². The van der Waals surface area contributed by atoms with Gasteiger partial charge in [0.05, 0.1) is 6.20 Å². The Morgan fingerprint density at radius 2 is 2.04 bits per heavy atom. The van der Waals surface area contributed by atoms with Gasteiger partial charge in [-0.15, -0.1) is 0 Å². The number of hydrogen-bond acceptors (Lipinski definition) is 4. The van der Waals surface area contributed by atoms with E-state index < -0.39 is 6.04 Å². The highest BCUT2D eigenvalue weighted by molar-refractivity contribution is 9.10. The highest BCUT2D eigenvalue weighted by atomic mass is 79.9. The molecule has 0 fully saturated rings. The Labute approximate surface area is 148 Å². The number of aromatic nitrogens is 2. The molecule has 24 heavy (non-hydrogen) atoms. The number of rotatable bonds is 7. The van der Waals surface area contributed by atoms with Gasteiger partial charge < -0.3 is 16.0 Å². The molecule has 0 aliphatic rings. The molecule has 2 aromatic rings. The summed E-state index contributed by atoms with van der Waals surface area (Å²) < 4.78 is 2.49. The van der Waals surface area contributed by atoms with Crippen molar-refractivity contribution in [2.24, 2.45) is 7.05 Å². The fourth-order valence-corrected chi connectivity index (χ4v) is 2.63. The highest BCUT2D eigenvalue weighted by Gasteiger charge is 2.19. The van der Waals surface area contributed by atoms with Crippen LogP contribution in [0.4, 0.5) is 0 Å². The largest absolute Gasteiger partial charge is 0.353 e. The van der Waals surface area contributed by atoms with Crippen LogP contribution >= 0.6 is 15.9 Å². The molecule has 1 aromatic carbocycles. The third-order valence-electron chi connectivity index (χ3n) is 3.41. The van der Waals surface area contributed by atoms with Crippen LogP contribution in [0.1, 0.15) is 22.0 Å². The number of nitrogens with one attached hydrogen (secondary N) is 3. The van der Waals surface area contributed by atoms with Crippen molar-refractivity contribution in [3.8, 4) is 0 Å². The number of carbonyl (C=O) groups is 2. The molecular weight excluding hydrogens is 374 g/mol. The molecule has 128 valence electrons. The number of likely N-dealkylation sites (N-methyl/N-ethyl adjacent to an activating group) is 1. The van der Waals surface area contributed by atoms with Crippen molar-refractivity contribution >= 4 is 27.7 Å². The van der Waals surface area contributed by atoms with Crippen molar-refractivity contribution < 1.29 is 9.59 Å². The summed E-state index contributed by atoms with van der Waals surface area (Å²) in [5, 5.41) is 12.6. The van der Waals surface area contributed by atoms with Crippen molar-refractivity contribution in [1.82, 2.24) is 25.7 Å². The lowest BCUT2D eigenvalue weighted by molar-refractivity contribution is -0.123. The molecule has 0 saturated carbocycles. The first-order chi connectivity index (χ1) is 11.5. The number of aryl methyl sites for hydroxylation is 1. The first-order valence-corrected chi connectivity index (χ1v) is 8.28. The zero-order valence-electron chi connectivity index (χ0n) is 13.5. The van der Waals surface area contributed by atoms with Crippen LogP contribution in [0, 0.1) is 0 Å². The van der Waals surface area contributed by atoms with Gasteiger partial charge in [-0.25, -0.2) is 0 Å². The predicted octanol–water partition coefficient (Wildman–Crippen LogP) is 0.989. The molecule has 1 aromatic heterocycles. The minimum absolute atomic E-state index is 0.165. The van der Waals surface area contributed by atoms with Gasteiger partial charge in [-0.2, -0.15) is 5.10 Å². The lowest BCUT2D eigenvalue weighted by Gasteiger charge is -2.14. The van der Waals surface area contributed by atoms with E-state index in [0.29, 0.717) is 18.7 Å². The van der Waals surface area contributed by atoms with Crippen LogP contribution in [0.3, 0.4) is 0 Å². The lowest BCUT2D eigenvalue weighted by Crippen LogP contribution is -2.40. The second kappa shape index (κ2) is 8.60. The topological polar surface area (TPSA) is 88.1 Å². The Kier molecular flexibility index (Phi) is 6.51. The second-order valence-corrected chi connectivity index (χ2v) is 6.14. The SMILES string of the molecule is CNC(C(=O)NCCNC(=O)c1cccc(Br)c1)c1cnn(C)c1. The van der Waals surface area contributed by atoms with Gasteiger partial charge in [-0.05, 0) is 25.2 Å². The summed E-state index contributed by atoms with van der Waals surface area (Å²) in [6.45, 7) is 0.692. The molecule has 0 aliphatic heterocycles. The summed E-state index contributed by atoms with van der Waals surface area (Å²) in [6.07, 6.45) is 3.44. The summed E-state index contributed by atoms with van der Waals surface area (Å²) in [5.41, 5.74) is 1.36. The van der Waals surface area contributed by atoms with Crippen LogP contribution in [-0.2, 0) is 11.8 Å². The van der Waals surface area contributed by atoms with E-state index in [4.69, 9.17) is 0 Å². The molecule has 0 saturated heterocycles. The Hall–Kier alpha value is -2.19. The quantitative estimate of drug-likeness (QED) is 0.612. The van der Waals surface area contributed by atoms with E-state index >= 15 is 0 Å². The molecule has 2 rings (SSSR count). The predicted molar refractivity (Wildman–Crippen MR) is 94.5 cm³/mol. The molecule has 1 unspecified atom stereocenters. The summed E-state index contributed by atoms with van der Waals surface area (Å²) in [4.78, 5) is 24.2. The van der Waals surface area contributed by atoms with Gasteiger partial charge in [-0.1, -0.05) is 22.0 Å². The number of carbonyl (C=O) groups excluding carboxylic acids is 2. The fraction of sp³-hybridized carbons (Fsp3) is 0.312. The second-order valence-electron chi connectivity index (χ2n) is 5.23. The van der Waals surface area contributed by atoms with Gasteiger partial charge in [0.1, 0.15) is 6.04 Å². The van der Waals surface area contributed by atoms with E-state index in [1.165, 1.54) is 0 Å². The molecule has 2 amide bonds. The lowest BCUT2D eigenvalue weighted by atomic mass is 10.1. The molecule has 0 radical (unpaired) electrons. The average Bonchev–Trinajstić information content (AvgIpc) is 2.98. The van der Waals surface area contributed by atoms with Crippen molar-refractivity contribution in [2.75, 3.05) is 20.1 Å². The van der Waals surface area contributed by atoms with Crippen LogP contribution in [0.15, 0.2) is 41.1 Å². The first-order valence-electron chi connectivity index (χ1n) is 7.48. The van der Waals surface area contributed by atoms with Crippen molar-refractivity contribution in [3.05, 3.63) is 52.3 Å². The molecule has 3 N–H and O–H groups in total. The third-order valence-corrected chi connectivity index (χ3v) is 3.90. The van der Waals surface area contributed by atoms with Crippen LogP contribution in [-0.4, -0.2) is 41.7 Å². The molecule has 0 bridgehead atoms. The summed E-state index contributed by atoms with van der Waals surface area (Å²) in [7, 11) is 3.51. The maximum absolute atomic E-state index is 12.2. The normalized spacial score (nSPS) is 11.8. The van der Waals surface area contributed by atoms with Gasteiger partial charge in [0.15, 0.2) is 0 Å².